The molecule has 118 valence electrons. The topological polar surface area (TPSA) is 91.0 Å². The Labute approximate surface area is 125 Å². The van der Waals surface area contributed by atoms with Crippen LogP contribution in [0, 0.1) is 0 Å². The Kier molecular flexibility index (Phi) is 5.87. The number of carbonyl (C=O) groups excluding carboxylic acids is 2. The number of aromatic nitrogens is 3. The minimum absolute atomic E-state index is 0.0330. The minimum atomic E-state index is -0.367. The van der Waals surface area contributed by atoms with Crippen LogP contribution in [0.3, 0.4) is 0 Å². The number of carbonyl (C=O) groups is 2. The number of rotatable bonds is 6. The van der Waals surface area contributed by atoms with Gasteiger partial charge in [0.15, 0.2) is 0 Å². The highest BCUT2D eigenvalue weighted by Gasteiger charge is 2.21. The first-order valence-electron chi connectivity index (χ1n) is 7.28. The smallest absolute Gasteiger partial charge is 0.290 e. The molecule has 2 N–H and O–H groups in total. The number of nitrogens with one attached hydrogen (secondary N) is 2. The minimum Gasteiger partial charge on any atom is -0.349 e. The third kappa shape index (κ3) is 4.84. The molecule has 7 heteroatoms. The fraction of sp³-hybridized carbons (Fsp3) is 0.714. The highest BCUT2D eigenvalue weighted by molar-refractivity contribution is 5.90. The molecular weight excluding hydrogens is 270 g/mol. The molecule has 0 bridgehead atoms. The third-order valence-corrected chi connectivity index (χ3v) is 3.14. The molecule has 1 aromatic rings. The normalized spacial score (nSPS) is 11.3. The van der Waals surface area contributed by atoms with E-state index in [0.29, 0.717) is 18.9 Å². The lowest BCUT2D eigenvalue weighted by Gasteiger charge is -2.18. The van der Waals surface area contributed by atoms with E-state index >= 15 is 0 Å². The van der Waals surface area contributed by atoms with Crippen LogP contribution in [-0.2, 0) is 10.2 Å². The van der Waals surface area contributed by atoms with Crippen molar-refractivity contribution in [2.75, 3.05) is 19.6 Å². The van der Waals surface area contributed by atoms with Gasteiger partial charge >= 0.3 is 0 Å². The van der Waals surface area contributed by atoms with Crippen LogP contribution in [0.5, 0.6) is 0 Å². The van der Waals surface area contributed by atoms with Crippen molar-refractivity contribution >= 4 is 11.8 Å². The van der Waals surface area contributed by atoms with E-state index in [1.165, 1.54) is 0 Å². The van der Waals surface area contributed by atoms with Gasteiger partial charge < -0.3 is 10.2 Å². The number of hydrogen-bond acceptors (Lipinski definition) is 4. The summed E-state index contributed by atoms with van der Waals surface area (Å²) in [6.45, 7) is 11.5. The van der Waals surface area contributed by atoms with E-state index in [9.17, 15) is 9.59 Å². The van der Waals surface area contributed by atoms with E-state index in [4.69, 9.17) is 0 Å². The first-order chi connectivity index (χ1) is 9.79. The molecule has 0 aromatic carbocycles. The maximum Gasteiger partial charge on any atom is 0.290 e. The van der Waals surface area contributed by atoms with Crippen LogP contribution in [0.25, 0.3) is 0 Å². The van der Waals surface area contributed by atoms with Crippen molar-refractivity contribution in [3.63, 3.8) is 0 Å². The molecule has 0 aliphatic rings. The van der Waals surface area contributed by atoms with Gasteiger partial charge in [-0.15, -0.1) is 5.10 Å². The van der Waals surface area contributed by atoms with Gasteiger partial charge in [-0.25, -0.2) is 4.98 Å². The van der Waals surface area contributed by atoms with E-state index in [2.05, 4.69) is 20.5 Å². The molecule has 0 radical (unpaired) electrons. The average Bonchev–Trinajstić information content (AvgIpc) is 2.89. The molecule has 0 saturated carbocycles. The molecule has 0 spiro atoms. The molecule has 1 aromatic heterocycles. The van der Waals surface area contributed by atoms with Crippen molar-refractivity contribution in [3.05, 3.63) is 11.6 Å². The molecule has 0 aliphatic heterocycles. The molecule has 1 heterocycles. The van der Waals surface area contributed by atoms with Gasteiger partial charge in [0.25, 0.3) is 5.91 Å². The van der Waals surface area contributed by atoms with Gasteiger partial charge in [-0.2, -0.15) is 0 Å². The summed E-state index contributed by atoms with van der Waals surface area (Å²) in [7, 11) is 0. The lowest BCUT2D eigenvalue weighted by Crippen LogP contribution is -2.34. The summed E-state index contributed by atoms with van der Waals surface area (Å²) in [4.78, 5) is 29.6. The lowest BCUT2D eigenvalue weighted by molar-refractivity contribution is -0.130. The van der Waals surface area contributed by atoms with Crippen molar-refractivity contribution in [2.24, 2.45) is 0 Å². The van der Waals surface area contributed by atoms with Crippen molar-refractivity contribution in [3.8, 4) is 0 Å². The zero-order chi connectivity index (χ0) is 16.0. The predicted octanol–water partition coefficient (Wildman–Crippen LogP) is 1.09. The molecular formula is C14H25N5O2. The zero-order valence-electron chi connectivity index (χ0n) is 13.5. The predicted molar refractivity (Wildman–Crippen MR) is 80.0 cm³/mol. The average molecular weight is 295 g/mol. The van der Waals surface area contributed by atoms with Crippen LogP contribution in [0.15, 0.2) is 0 Å². The summed E-state index contributed by atoms with van der Waals surface area (Å²) in [5.74, 6) is 0.432. The maximum atomic E-state index is 11.9. The second-order valence-electron chi connectivity index (χ2n) is 5.83. The van der Waals surface area contributed by atoms with Crippen LogP contribution >= 0.6 is 0 Å². The molecule has 7 nitrogen and oxygen atoms in total. The number of nitrogens with zero attached hydrogens (tertiary/aromatic N) is 3. The Bertz CT molecular complexity index is 486. The van der Waals surface area contributed by atoms with Crippen LogP contribution in [0.4, 0.5) is 0 Å². The van der Waals surface area contributed by atoms with E-state index < -0.39 is 0 Å². The molecule has 21 heavy (non-hydrogen) atoms. The quantitative estimate of drug-likeness (QED) is 0.822. The molecule has 0 unspecified atom stereocenters. The standard InChI is InChI=1S/C14H25N5O2/c1-6-19(7-2)10(20)8-9-15-12(21)11-16-13(18-17-11)14(3,4)5/h6-9H2,1-5H3,(H,15,21)(H,16,17,18). The van der Waals surface area contributed by atoms with Gasteiger partial charge in [0, 0.05) is 31.5 Å². The van der Waals surface area contributed by atoms with Gasteiger partial charge in [0.1, 0.15) is 5.82 Å². The lowest BCUT2D eigenvalue weighted by atomic mass is 9.96. The summed E-state index contributed by atoms with van der Waals surface area (Å²) in [6, 6.07) is 0. The largest absolute Gasteiger partial charge is 0.349 e. The van der Waals surface area contributed by atoms with E-state index in [1.54, 1.807) is 4.90 Å². The monoisotopic (exact) mass is 295 g/mol. The maximum absolute atomic E-state index is 11.9. The number of amides is 2. The molecule has 0 fully saturated rings. The van der Waals surface area contributed by atoms with Crippen molar-refractivity contribution in [1.29, 1.82) is 0 Å². The molecule has 2 amide bonds. The van der Waals surface area contributed by atoms with E-state index in [-0.39, 0.29) is 36.0 Å². The van der Waals surface area contributed by atoms with Crippen LogP contribution in [0.2, 0.25) is 0 Å². The van der Waals surface area contributed by atoms with Gasteiger partial charge in [-0.1, -0.05) is 20.8 Å². The van der Waals surface area contributed by atoms with Gasteiger partial charge in [0.2, 0.25) is 11.7 Å². The second-order valence-corrected chi connectivity index (χ2v) is 5.83. The Morgan fingerprint density at radius 2 is 1.86 bits per heavy atom. The fourth-order valence-corrected chi connectivity index (χ4v) is 1.80. The Morgan fingerprint density at radius 3 is 2.33 bits per heavy atom. The summed E-state index contributed by atoms with van der Waals surface area (Å²) < 4.78 is 0. The third-order valence-electron chi connectivity index (χ3n) is 3.14. The summed E-state index contributed by atoms with van der Waals surface area (Å²) in [6.07, 6.45) is 0.282. The van der Waals surface area contributed by atoms with Crippen LogP contribution < -0.4 is 5.32 Å². The number of H-pyrrole nitrogens is 1. The molecule has 0 aliphatic carbocycles. The highest BCUT2D eigenvalue weighted by atomic mass is 16.2. The van der Waals surface area contributed by atoms with Crippen LogP contribution in [0.1, 0.15) is 57.5 Å². The Morgan fingerprint density at radius 1 is 1.24 bits per heavy atom. The summed E-state index contributed by atoms with van der Waals surface area (Å²) >= 11 is 0. The molecule has 0 saturated heterocycles. The Hall–Kier alpha value is -1.92. The van der Waals surface area contributed by atoms with E-state index in [1.807, 2.05) is 34.6 Å². The second kappa shape index (κ2) is 7.19. The molecule has 0 atom stereocenters. The van der Waals surface area contributed by atoms with E-state index in [0.717, 1.165) is 0 Å². The van der Waals surface area contributed by atoms with Crippen LogP contribution in [-0.4, -0.2) is 51.5 Å². The zero-order valence-corrected chi connectivity index (χ0v) is 13.5. The first-order valence-corrected chi connectivity index (χ1v) is 7.28. The summed E-state index contributed by atoms with van der Waals surface area (Å²) in [5.41, 5.74) is -0.190. The number of aromatic amines is 1. The van der Waals surface area contributed by atoms with Gasteiger partial charge in [0.05, 0.1) is 0 Å². The first kappa shape index (κ1) is 17.1. The highest BCUT2D eigenvalue weighted by Crippen LogP contribution is 2.17. The molecule has 1 rings (SSSR count). The number of hydrogen-bond donors (Lipinski definition) is 2. The Balaban J connectivity index is 2.48. The SMILES string of the molecule is CCN(CC)C(=O)CCNC(=O)c1n[nH]c(C(C)(C)C)n1. The van der Waals surface area contributed by atoms with Crippen molar-refractivity contribution < 1.29 is 9.59 Å². The fourth-order valence-electron chi connectivity index (χ4n) is 1.80. The summed E-state index contributed by atoms with van der Waals surface area (Å²) in [5, 5.41) is 9.34. The van der Waals surface area contributed by atoms with Gasteiger partial charge in [-0.05, 0) is 13.8 Å². The van der Waals surface area contributed by atoms with Gasteiger partial charge in [-0.3, -0.25) is 14.7 Å². The van der Waals surface area contributed by atoms with Crippen molar-refractivity contribution in [2.45, 2.75) is 46.5 Å². The van der Waals surface area contributed by atoms with Crippen molar-refractivity contribution in [1.82, 2.24) is 25.4 Å².